The number of unbranched alkanes of at least 4 members (excludes halogenated alkanes) is 2. The van der Waals surface area contributed by atoms with Crippen molar-refractivity contribution in [2.24, 2.45) is 0 Å². The molecule has 0 aliphatic rings. The predicted octanol–water partition coefficient (Wildman–Crippen LogP) is 2.61. The summed E-state index contributed by atoms with van der Waals surface area (Å²) in [5.74, 6) is 0. The number of aryl methyl sites for hydroxylation is 1. The van der Waals surface area contributed by atoms with Crippen LogP contribution in [0.1, 0.15) is 24.8 Å². The third-order valence-corrected chi connectivity index (χ3v) is 4.21. The van der Waals surface area contributed by atoms with Crippen molar-refractivity contribution in [1.29, 1.82) is 0 Å². The molecule has 0 saturated carbocycles. The third-order valence-electron chi connectivity index (χ3n) is 3.21. The summed E-state index contributed by atoms with van der Waals surface area (Å²) in [7, 11) is 1.79. The van der Waals surface area contributed by atoms with Crippen molar-refractivity contribution < 1.29 is 23.0 Å². The van der Waals surface area contributed by atoms with Crippen LogP contribution in [0.25, 0.3) is 0 Å². The highest BCUT2D eigenvalue weighted by molar-refractivity contribution is 7.45. The van der Waals surface area contributed by atoms with Gasteiger partial charge in [0.25, 0.3) is 7.82 Å². The van der Waals surface area contributed by atoms with Crippen LogP contribution in [0.5, 0.6) is 0 Å². The van der Waals surface area contributed by atoms with Crippen LogP contribution in [-0.4, -0.2) is 45.4 Å². The second-order valence-corrected chi connectivity index (χ2v) is 7.83. The minimum absolute atomic E-state index is 0.151. The molecule has 1 atom stereocenters. The molecule has 0 bridgehead atoms. The van der Waals surface area contributed by atoms with Crippen molar-refractivity contribution in [3.63, 3.8) is 0 Å². The Morgan fingerprint density at radius 1 is 1.00 bits per heavy atom. The number of nitrogens with zero attached hydrogens (tertiary/aromatic N) is 1. The lowest BCUT2D eigenvalue weighted by Crippen LogP contribution is -2.37. The number of likely N-dealkylation sites (N-methyl/N-ethyl adjacent to an activating group) is 1. The molecule has 0 radical (unpaired) electrons. The molecule has 1 unspecified atom stereocenters. The zero-order valence-corrected chi connectivity index (χ0v) is 14.8. The van der Waals surface area contributed by atoms with E-state index in [4.69, 9.17) is 9.05 Å². The second-order valence-electron chi connectivity index (χ2n) is 6.42. The van der Waals surface area contributed by atoms with E-state index in [-0.39, 0.29) is 13.2 Å². The predicted molar refractivity (Wildman–Crippen MR) is 86.4 cm³/mol. The normalized spacial score (nSPS) is 14.7. The van der Waals surface area contributed by atoms with Gasteiger partial charge in [-0.2, -0.15) is 0 Å². The minimum Gasteiger partial charge on any atom is -0.756 e. The SMILES string of the molecule is C[N+](C)(C)CCOP(=O)([O-])OCCCCCc1ccccc1. The Morgan fingerprint density at radius 3 is 2.27 bits per heavy atom. The molecule has 0 aliphatic carbocycles. The van der Waals surface area contributed by atoms with Gasteiger partial charge in [-0.15, -0.1) is 0 Å². The summed E-state index contributed by atoms with van der Waals surface area (Å²) in [4.78, 5) is 11.5. The maximum atomic E-state index is 11.5. The molecule has 0 spiro atoms. The van der Waals surface area contributed by atoms with Crippen LogP contribution in [0.2, 0.25) is 0 Å². The summed E-state index contributed by atoms with van der Waals surface area (Å²) in [5.41, 5.74) is 1.31. The molecule has 5 nitrogen and oxygen atoms in total. The molecule has 0 amide bonds. The number of benzene rings is 1. The first-order chi connectivity index (χ1) is 10.3. The molecule has 0 aromatic heterocycles. The fraction of sp³-hybridized carbons (Fsp3) is 0.625. The van der Waals surface area contributed by atoms with Crippen molar-refractivity contribution in [2.75, 3.05) is 40.9 Å². The van der Waals surface area contributed by atoms with Gasteiger partial charge in [-0.3, -0.25) is 4.57 Å². The van der Waals surface area contributed by atoms with E-state index in [0.29, 0.717) is 11.0 Å². The second kappa shape index (κ2) is 9.43. The Bertz CT molecular complexity index is 459. The van der Waals surface area contributed by atoms with Crippen molar-refractivity contribution in [2.45, 2.75) is 25.7 Å². The van der Waals surface area contributed by atoms with Gasteiger partial charge in [0.15, 0.2) is 0 Å². The Labute approximate surface area is 134 Å². The molecule has 1 aromatic carbocycles. The number of phosphoric ester groups is 1. The van der Waals surface area contributed by atoms with Crippen molar-refractivity contribution >= 4 is 7.82 Å². The van der Waals surface area contributed by atoms with E-state index in [1.807, 2.05) is 39.3 Å². The van der Waals surface area contributed by atoms with Crippen LogP contribution in [-0.2, 0) is 20.0 Å². The van der Waals surface area contributed by atoms with E-state index in [9.17, 15) is 9.46 Å². The molecule has 22 heavy (non-hydrogen) atoms. The summed E-state index contributed by atoms with van der Waals surface area (Å²) >= 11 is 0. The van der Waals surface area contributed by atoms with Crippen LogP contribution in [0.3, 0.4) is 0 Å². The Hall–Kier alpha value is -0.710. The summed E-state index contributed by atoms with van der Waals surface area (Å²) in [6.45, 7) is 0.963. The average molecular weight is 329 g/mol. The Kier molecular flexibility index (Phi) is 8.29. The summed E-state index contributed by atoms with van der Waals surface area (Å²) in [5, 5.41) is 0. The van der Waals surface area contributed by atoms with E-state index >= 15 is 0 Å². The highest BCUT2D eigenvalue weighted by Gasteiger charge is 2.12. The number of rotatable bonds is 11. The quantitative estimate of drug-likeness (QED) is 0.356. The summed E-state index contributed by atoms with van der Waals surface area (Å²) in [6, 6.07) is 10.3. The number of hydrogen-bond donors (Lipinski definition) is 0. The van der Waals surface area contributed by atoms with Gasteiger partial charge in [-0.1, -0.05) is 36.8 Å². The zero-order valence-electron chi connectivity index (χ0n) is 13.9. The lowest BCUT2D eigenvalue weighted by molar-refractivity contribution is -0.870. The number of quaternary nitrogens is 1. The minimum atomic E-state index is -4.15. The lowest BCUT2D eigenvalue weighted by Gasteiger charge is -2.27. The van der Waals surface area contributed by atoms with Gasteiger partial charge in [-0.25, -0.2) is 0 Å². The molecule has 0 fully saturated rings. The molecule has 1 aromatic rings. The van der Waals surface area contributed by atoms with Gasteiger partial charge in [0.1, 0.15) is 13.2 Å². The van der Waals surface area contributed by atoms with E-state index < -0.39 is 7.82 Å². The first-order valence-corrected chi connectivity index (χ1v) is 9.19. The van der Waals surface area contributed by atoms with E-state index in [1.54, 1.807) is 0 Å². The van der Waals surface area contributed by atoms with Gasteiger partial charge in [-0.05, 0) is 24.8 Å². The molecule has 0 heterocycles. The van der Waals surface area contributed by atoms with Crippen LogP contribution in [0.15, 0.2) is 30.3 Å². The lowest BCUT2D eigenvalue weighted by atomic mass is 10.1. The van der Waals surface area contributed by atoms with E-state index in [1.165, 1.54) is 5.56 Å². The molecular weight excluding hydrogens is 301 g/mol. The van der Waals surface area contributed by atoms with Gasteiger partial charge in [0.2, 0.25) is 0 Å². The monoisotopic (exact) mass is 329 g/mol. The third kappa shape index (κ3) is 10.1. The summed E-state index contributed by atoms with van der Waals surface area (Å²) < 4.78 is 21.9. The van der Waals surface area contributed by atoms with Crippen molar-refractivity contribution in [3.8, 4) is 0 Å². The van der Waals surface area contributed by atoms with Gasteiger partial charge in [0.05, 0.1) is 27.7 Å². The Morgan fingerprint density at radius 2 is 1.64 bits per heavy atom. The molecule has 126 valence electrons. The first kappa shape index (κ1) is 19.3. The zero-order chi connectivity index (χ0) is 16.5. The molecular formula is C16H28NO4P. The molecule has 1 rings (SSSR count). The maximum absolute atomic E-state index is 11.5. The van der Waals surface area contributed by atoms with Crippen molar-refractivity contribution in [1.82, 2.24) is 0 Å². The fourth-order valence-electron chi connectivity index (χ4n) is 1.89. The van der Waals surface area contributed by atoms with Crippen LogP contribution < -0.4 is 4.89 Å². The average Bonchev–Trinajstić information content (AvgIpc) is 2.42. The standard InChI is InChI=1S/C16H28NO4P/c1-17(2,3)13-15-21-22(18,19)20-14-9-5-8-12-16-10-6-4-7-11-16/h4,6-7,10-11H,5,8-9,12-15H2,1-3H3. The highest BCUT2D eigenvalue weighted by Crippen LogP contribution is 2.38. The molecule has 0 N–H and O–H groups in total. The van der Waals surface area contributed by atoms with Crippen LogP contribution in [0, 0.1) is 0 Å². The van der Waals surface area contributed by atoms with E-state index in [0.717, 1.165) is 25.7 Å². The van der Waals surface area contributed by atoms with Crippen molar-refractivity contribution in [3.05, 3.63) is 35.9 Å². The number of hydrogen-bond acceptors (Lipinski definition) is 4. The topological polar surface area (TPSA) is 58.6 Å². The molecule has 6 heteroatoms. The van der Waals surface area contributed by atoms with Gasteiger partial charge < -0.3 is 18.4 Å². The Balaban J connectivity index is 2.06. The molecule has 0 aliphatic heterocycles. The van der Waals surface area contributed by atoms with Gasteiger partial charge in [0, 0.05) is 0 Å². The van der Waals surface area contributed by atoms with Crippen LogP contribution in [0.4, 0.5) is 0 Å². The van der Waals surface area contributed by atoms with Gasteiger partial charge >= 0.3 is 0 Å². The highest BCUT2D eigenvalue weighted by atomic mass is 31.2. The number of phosphoric acid groups is 1. The van der Waals surface area contributed by atoms with Crippen LogP contribution >= 0.6 is 7.82 Å². The first-order valence-electron chi connectivity index (χ1n) is 7.73. The largest absolute Gasteiger partial charge is 0.756 e. The molecule has 0 saturated heterocycles. The maximum Gasteiger partial charge on any atom is 0.268 e. The summed E-state index contributed by atoms with van der Waals surface area (Å²) in [6.07, 6.45) is 3.69. The fourth-order valence-corrected chi connectivity index (χ4v) is 2.63. The van der Waals surface area contributed by atoms with E-state index in [2.05, 4.69) is 12.1 Å². The smallest absolute Gasteiger partial charge is 0.268 e.